The van der Waals surface area contributed by atoms with Gasteiger partial charge in [0.15, 0.2) is 0 Å². The lowest BCUT2D eigenvalue weighted by Crippen LogP contribution is -2.40. The molecule has 1 saturated carbocycles. The Morgan fingerprint density at radius 1 is 1.67 bits per heavy atom. The van der Waals surface area contributed by atoms with Crippen molar-refractivity contribution in [2.45, 2.75) is 31.3 Å². The van der Waals surface area contributed by atoms with Crippen LogP contribution in [0.3, 0.4) is 0 Å². The summed E-state index contributed by atoms with van der Waals surface area (Å²) in [6.07, 6.45) is 7.70. The number of hydrogen-bond donors (Lipinski definition) is 2. The first-order valence-corrected chi connectivity index (χ1v) is 5.54. The van der Waals surface area contributed by atoms with Crippen molar-refractivity contribution in [2.75, 3.05) is 6.54 Å². The van der Waals surface area contributed by atoms with Crippen LogP contribution in [0.15, 0.2) is 12.4 Å². The molecule has 1 fully saturated rings. The number of rotatable bonds is 5. The Balaban J connectivity index is 1.91. The normalized spacial score (nSPS) is 20.2. The zero-order valence-electron chi connectivity index (χ0n) is 9.19. The lowest BCUT2D eigenvalue weighted by molar-refractivity contribution is 0.0181. The summed E-state index contributed by atoms with van der Waals surface area (Å²) in [6.45, 7) is 0.373. The van der Waals surface area contributed by atoms with Crippen molar-refractivity contribution in [3.63, 3.8) is 0 Å². The highest BCUT2D eigenvalue weighted by Gasteiger charge is 2.42. The topological polar surface area (TPSA) is 64.1 Å². The van der Waals surface area contributed by atoms with Gasteiger partial charge in [-0.1, -0.05) is 0 Å². The molecule has 4 nitrogen and oxygen atoms in total. The maximum Gasteiger partial charge on any atom is 0.0800 e. The summed E-state index contributed by atoms with van der Waals surface area (Å²) in [4.78, 5) is 0. The molecule has 1 heterocycles. The third kappa shape index (κ3) is 2.38. The summed E-state index contributed by atoms with van der Waals surface area (Å²) in [5.74, 6) is 0.430. The van der Waals surface area contributed by atoms with E-state index in [9.17, 15) is 5.11 Å². The van der Waals surface area contributed by atoms with Gasteiger partial charge in [0.1, 0.15) is 0 Å². The van der Waals surface area contributed by atoms with Crippen LogP contribution < -0.4 is 5.73 Å². The van der Waals surface area contributed by atoms with Gasteiger partial charge in [0.05, 0.1) is 11.8 Å². The molecular formula is C11H19N3O. The molecule has 1 unspecified atom stereocenters. The number of nitrogens with zero attached hydrogens (tertiary/aromatic N) is 2. The van der Waals surface area contributed by atoms with Crippen molar-refractivity contribution in [1.29, 1.82) is 0 Å². The number of hydrogen-bond acceptors (Lipinski definition) is 3. The van der Waals surface area contributed by atoms with Gasteiger partial charge in [-0.25, -0.2) is 0 Å². The highest BCUT2D eigenvalue weighted by Crippen LogP contribution is 2.41. The van der Waals surface area contributed by atoms with Crippen molar-refractivity contribution in [2.24, 2.45) is 18.7 Å². The van der Waals surface area contributed by atoms with Gasteiger partial charge in [0.2, 0.25) is 0 Å². The Labute approximate surface area is 90.1 Å². The standard InChI is InChI=1S/C11H19N3O/c1-14-7-9(6-13-14)4-5-11(15,8-12)10-2-3-10/h6-7,10,15H,2-5,8,12H2,1H3. The highest BCUT2D eigenvalue weighted by atomic mass is 16.3. The van der Waals surface area contributed by atoms with Gasteiger partial charge < -0.3 is 10.8 Å². The van der Waals surface area contributed by atoms with Crippen LogP contribution in [0.4, 0.5) is 0 Å². The molecule has 0 amide bonds. The maximum atomic E-state index is 10.3. The van der Waals surface area contributed by atoms with E-state index in [0.717, 1.165) is 25.7 Å². The number of nitrogens with two attached hydrogens (primary N) is 1. The second-order valence-corrected chi connectivity index (χ2v) is 4.60. The molecule has 0 spiro atoms. The van der Waals surface area contributed by atoms with Crippen LogP contribution in [0.1, 0.15) is 24.8 Å². The van der Waals surface area contributed by atoms with Crippen molar-refractivity contribution < 1.29 is 5.11 Å². The van der Waals surface area contributed by atoms with E-state index in [4.69, 9.17) is 5.73 Å². The molecule has 3 N–H and O–H groups in total. The molecule has 84 valence electrons. The molecule has 1 aromatic heterocycles. The summed E-state index contributed by atoms with van der Waals surface area (Å²) in [6, 6.07) is 0. The summed E-state index contributed by atoms with van der Waals surface area (Å²) in [5.41, 5.74) is 6.17. The fraction of sp³-hybridized carbons (Fsp3) is 0.727. The molecule has 1 aliphatic rings. The second-order valence-electron chi connectivity index (χ2n) is 4.60. The van der Waals surface area contributed by atoms with Crippen molar-refractivity contribution in [1.82, 2.24) is 9.78 Å². The third-order valence-electron chi connectivity index (χ3n) is 3.30. The molecule has 0 radical (unpaired) electrons. The van der Waals surface area contributed by atoms with Crippen LogP contribution in [0.25, 0.3) is 0 Å². The van der Waals surface area contributed by atoms with E-state index in [1.54, 1.807) is 4.68 Å². The first-order valence-electron chi connectivity index (χ1n) is 5.54. The molecule has 1 aromatic rings. The average molecular weight is 209 g/mol. The quantitative estimate of drug-likeness (QED) is 0.740. The predicted molar refractivity (Wildman–Crippen MR) is 58.3 cm³/mol. The minimum atomic E-state index is -0.643. The molecule has 15 heavy (non-hydrogen) atoms. The van der Waals surface area contributed by atoms with Crippen LogP contribution in [0, 0.1) is 5.92 Å². The largest absolute Gasteiger partial charge is 0.388 e. The van der Waals surface area contributed by atoms with Crippen molar-refractivity contribution in [3.05, 3.63) is 18.0 Å². The molecule has 1 aliphatic carbocycles. The molecule has 0 aromatic carbocycles. The third-order valence-corrected chi connectivity index (χ3v) is 3.30. The summed E-state index contributed by atoms with van der Waals surface area (Å²) in [7, 11) is 1.90. The molecule has 4 heteroatoms. The van der Waals surface area contributed by atoms with Gasteiger partial charge in [-0.2, -0.15) is 5.10 Å². The van der Waals surface area contributed by atoms with Crippen LogP contribution in [-0.4, -0.2) is 27.0 Å². The molecule has 0 saturated heterocycles. The fourth-order valence-electron chi connectivity index (χ4n) is 2.06. The summed E-state index contributed by atoms with van der Waals surface area (Å²) < 4.78 is 1.79. The van der Waals surface area contributed by atoms with Crippen molar-refractivity contribution in [3.8, 4) is 0 Å². The van der Waals surface area contributed by atoms with E-state index < -0.39 is 5.60 Å². The molecule has 0 aliphatic heterocycles. The number of aryl methyl sites for hydroxylation is 2. The Bertz CT molecular complexity index is 332. The van der Waals surface area contributed by atoms with Crippen LogP contribution in [0.5, 0.6) is 0 Å². The lowest BCUT2D eigenvalue weighted by atomic mass is 9.91. The van der Waals surface area contributed by atoms with E-state index in [-0.39, 0.29) is 0 Å². The van der Waals surface area contributed by atoms with Gasteiger partial charge >= 0.3 is 0 Å². The van der Waals surface area contributed by atoms with Gasteiger partial charge in [-0.3, -0.25) is 4.68 Å². The van der Waals surface area contributed by atoms with Crippen LogP contribution in [-0.2, 0) is 13.5 Å². The Morgan fingerprint density at radius 3 is 2.87 bits per heavy atom. The Kier molecular flexibility index (Phi) is 2.80. The monoisotopic (exact) mass is 209 g/mol. The molecule has 2 rings (SSSR count). The van der Waals surface area contributed by atoms with Gasteiger partial charge in [0.25, 0.3) is 0 Å². The first-order chi connectivity index (χ1) is 7.14. The summed E-state index contributed by atoms with van der Waals surface area (Å²) in [5, 5.41) is 14.4. The maximum absolute atomic E-state index is 10.3. The molecule has 1 atom stereocenters. The number of aliphatic hydroxyl groups is 1. The molecule has 0 bridgehead atoms. The zero-order valence-corrected chi connectivity index (χ0v) is 9.19. The Hall–Kier alpha value is -0.870. The van der Waals surface area contributed by atoms with Gasteiger partial charge in [0, 0.05) is 19.8 Å². The van der Waals surface area contributed by atoms with E-state index in [2.05, 4.69) is 5.10 Å². The van der Waals surface area contributed by atoms with E-state index in [0.29, 0.717) is 12.5 Å². The smallest absolute Gasteiger partial charge is 0.0800 e. The lowest BCUT2D eigenvalue weighted by Gasteiger charge is -2.26. The van der Waals surface area contributed by atoms with Crippen LogP contribution >= 0.6 is 0 Å². The average Bonchev–Trinajstić information content (AvgIpc) is 3.00. The van der Waals surface area contributed by atoms with Crippen LogP contribution in [0.2, 0.25) is 0 Å². The van der Waals surface area contributed by atoms with E-state index in [1.165, 1.54) is 5.56 Å². The Morgan fingerprint density at radius 2 is 2.40 bits per heavy atom. The minimum absolute atomic E-state index is 0.373. The van der Waals surface area contributed by atoms with E-state index in [1.807, 2.05) is 19.4 Å². The van der Waals surface area contributed by atoms with E-state index >= 15 is 0 Å². The van der Waals surface area contributed by atoms with Gasteiger partial charge in [-0.15, -0.1) is 0 Å². The SMILES string of the molecule is Cn1cc(CCC(O)(CN)C2CC2)cn1. The predicted octanol–water partition coefficient (Wildman–Crippen LogP) is 0.452. The first kappa shape index (κ1) is 10.6. The second kappa shape index (κ2) is 3.94. The van der Waals surface area contributed by atoms with Crippen molar-refractivity contribution >= 4 is 0 Å². The number of aromatic nitrogens is 2. The highest BCUT2D eigenvalue weighted by molar-refractivity contribution is 5.06. The summed E-state index contributed by atoms with van der Waals surface area (Å²) >= 11 is 0. The van der Waals surface area contributed by atoms with Gasteiger partial charge in [-0.05, 0) is 37.2 Å². The minimum Gasteiger partial charge on any atom is -0.388 e. The fourth-order valence-corrected chi connectivity index (χ4v) is 2.06. The zero-order chi connectivity index (χ0) is 10.9. The molecular weight excluding hydrogens is 190 g/mol.